The van der Waals surface area contributed by atoms with Gasteiger partial charge in [-0.1, -0.05) is 36.8 Å². The average molecular weight is 564 g/mol. The molecule has 6 atom stereocenters. The van der Waals surface area contributed by atoms with E-state index in [0.29, 0.717) is 63.6 Å². The van der Waals surface area contributed by atoms with Gasteiger partial charge in [0.05, 0.1) is 45.2 Å². The summed E-state index contributed by atoms with van der Waals surface area (Å²) in [6.45, 7) is 9.59. The molecule has 3 aliphatic carbocycles. The van der Waals surface area contributed by atoms with E-state index in [0.717, 1.165) is 24.3 Å². The van der Waals surface area contributed by atoms with Gasteiger partial charge in [-0.15, -0.1) is 0 Å². The molecule has 3 amide bonds. The number of amides is 3. The van der Waals surface area contributed by atoms with Crippen LogP contribution < -0.4 is 16.4 Å². The molecule has 0 spiro atoms. The zero-order valence-corrected chi connectivity index (χ0v) is 25.2. The summed E-state index contributed by atoms with van der Waals surface area (Å²) in [6.07, 6.45) is 10.0. The van der Waals surface area contributed by atoms with E-state index in [4.69, 9.17) is 5.73 Å². The number of fused-ring (bicyclic) bond motifs is 1. The van der Waals surface area contributed by atoms with E-state index in [9.17, 15) is 14.4 Å². The van der Waals surface area contributed by atoms with E-state index in [1.54, 1.807) is 4.90 Å². The number of hydrogen-bond donors (Lipinski definition) is 3. The van der Waals surface area contributed by atoms with Crippen LogP contribution in [0.3, 0.4) is 0 Å². The molecule has 0 bridgehead atoms. The Bertz CT molecular complexity index is 995. The minimum atomic E-state index is -0.616. The Morgan fingerprint density at radius 1 is 1.05 bits per heavy atom. The Morgan fingerprint density at radius 3 is 2.54 bits per heavy atom. The zero-order chi connectivity index (χ0) is 29.4. The molecule has 7 nitrogen and oxygen atoms in total. The van der Waals surface area contributed by atoms with E-state index in [-0.39, 0.29) is 35.6 Å². The molecule has 4 rings (SSSR count). The molecule has 1 aromatic carbocycles. The van der Waals surface area contributed by atoms with Crippen molar-refractivity contribution >= 4 is 17.7 Å². The normalized spacial score (nSPS) is 26.7. The number of carbonyl (C=O) groups is 3. The molecule has 1 aromatic rings. The van der Waals surface area contributed by atoms with Crippen molar-refractivity contribution in [2.75, 3.05) is 19.6 Å². The average Bonchev–Trinajstić information content (AvgIpc) is 3.36. The molecule has 6 unspecified atom stereocenters. The number of rotatable bonds is 12. The summed E-state index contributed by atoms with van der Waals surface area (Å²) in [7, 11) is 0. The second kappa shape index (κ2) is 14.9. The number of carbonyl (C=O) groups excluding carboxylic acids is 3. The smallest absolute Gasteiger partial charge is 0.268 e. The Labute approximate surface area is 247 Å². The Balaban J connectivity index is 1.40. The first-order valence-corrected chi connectivity index (χ1v) is 15.9. The van der Waals surface area contributed by atoms with Gasteiger partial charge in [-0.25, -0.2) is 0 Å². The first-order chi connectivity index (χ1) is 19.8. The third-order valence-corrected chi connectivity index (χ3v) is 9.73. The van der Waals surface area contributed by atoms with Gasteiger partial charge < -0.3 is 21.3 Å². The molecule has 0 saturated heterocycles. The quantitative estimate of drug-likeness (QED) is 0.328. The number of nitrogens with two attached hydrogens (primary N) is 1. The van der Waals surface area contributed by atoms with Crippen molar-refractivity contribution in [1.82, 2.24) is 15.5 Å². The molecular weight excluding hydrogens is 512 g/mol. The number of nitrogens with one attached hydrogen (secondary N) is 2. The largest absolute Gasteiger partial charge is 0.347 e. The van der Waals surface area contributed by atoms with Gasteiger partial charge in [-0.3, -0.25) is 14.4 Å². The van der Waals surface area contributed by atoms with Crippen LogP contribution in [0.2, 0.25) is 0 Å². The maximum absolute atomic E-state index is 13.7. The van der Waals surface area contributed by atoms with Crippen molar-refractivity contribution in [3.63, 3.8) is 0 Å². The Hall–Kier alpha value is -2.80. The number of hydrogen-bond acceptors (Lipinski definition) is 4. The molecule has 0 aromatic heterocycles. The highest BCUT2D eigenvalue weighted by Gasteiger charge is 2.49. The molecule has 41 heavy (non-hydrogen) atoms. The van der Waals surface area contributed by atoms with Crippen LogP contribution in [0.1, 0.15) is 83.6 Å². The lowest BCUT2D eigenvalue weighted by atomic mass is 9.64. The van der Waals surface area contributed by atoms with Gasteiger partial charge in [0, 0.05) is 25.4 Å². The summed E-state index contributed by atoms with van der Waals surface area (Å²) in [5, 5.41) is 6.46. The maximum Gasteiger partial charge on any atom is 0.268 e. The summed E-state index contributed by atoms with van der Waals surface area (Å²) < 4.78 is 0. The second-order valence-electron chi connectivity index (χ2n) is 12.7. The first kappa shape index (κ1) is 31.1. The highest BCUT2D eigenvalue weighted by molar-refractivity contribution is 5.90. The van der Waals surface area contributed by atoms with E-state index in [1.165, 1.54) is 31.6 Å². The van der Waals surface area contributed by atoms with Crippen molar-refractivity contribution in [3.05, 3.63) is 54.7 Å². The molecule has 4 N–H and O–H groups in total. The summed E-state index contributed by atoms with van der Waals surface area (Å²) in [5.74, 6) is 3.10. The van der Waals surface area contributed by atoms with Crippen molar-refractivity contribution in [1.29, 1.82) is 0 Å². The molecule has 7 heteroatoms. The van der Waals surface area contributed by atoms with Crippen LogP contribution in [0.15, 0.2) is 30.3 Å². The lowest BCUT2D eigenvalue weighted by Crippen LogP contribution is -2.53. The number of nitrogens with zero attached hydrogens (tertiary/aromatic N) is 1. The predicted octanol–water partition coefficient (Wildman–Crippen LogP) is 4.42. The van der Waals surface area contributed by atoms with Crippen molar-refractivity contribution in [3.8, 4) is 0 Å². The van der Waals surface area contributed by atoms with Crippen LogP contribution in [0.4, 0.5) is 0 Å². The van der Waals surface area contributed by atoms with Gasteiger partial charge >= 0.3 is 0 Å². The van der Waals surface area contributed by atoms with Crippen LogP contribution in [0.25, 0.3) is 0 Å². The van der Waals surface area contributed by atoms with E-state index < -0.39 is 6.04 Å². The fraction of sp³-hybridized carbons (Fsp3) is 0.647. The van der Waals surface area contributed by atoms with Crippen molar-refractivity contribution in [2.45, 2.75) is 96.6 Å². The molecule has 0 aliphatic heterocycles. The van der Waals surface area contributed by atoms with Crippen molar-refractivity contribution in [2.24, 2.45) is 29.4 Å². The highest BCUT2D eigenvalue weighted by atomic mass is 16.2. The fourth-order valence-corrected chi connectivity index (χ4v) is 7.59. The minimum Gasteiger partial charge on any atom is -0.347 e. The van der Waals surface area contributed by atoms with Crippen LogP contribution >= 0.6 is 0 Å². The highest BCUT2D eigenvalue weighted by Crippen LogP contribution is 2.45. The molecule has 0 radical (unpaired) electrons. The predicted molar refractivity (Wildman–Crippen MR) is 163 cm³/mol. The third-order valence-electron chi connectivity index (χ3n) is 9.73. The van der Waals surface area contributed by atoms with Gasteiger partial charge in [0.1, 0.15) is 37.1 Å². The minimum absolute atomic E-state index is 0.0528. The fourth-order valence-electron chi connectivity index (χ4n) is 7.59. The van der Waals surface area contributed by atoms with E-state index in [1.807, 2.05) is 25.1 Å². The van der Waals surface area contributed by atoms with E-state index >= 15 is 0 Å². The van der Waals surface area contributed by atoms with E-state index in [2.05, 4.69) is 36.6 Å². The van der Waals surface area contributed by atoms with Crippen LogP contribution in [-0.4, -0.2) is 54.3 Å². The lowest BCUT2D eigenvalue weighted by Gasteiger charge is -2.37. The van der Waals surface area contributed by atoms with Crippen molar-refractivity contribution < 1.29 is 14.4 Å². The Morgan fingerprint density at radius 2 is 1.80 bits per heavy atom. The molecule has 3 fully saturated rings. The second-order valence-corrected chi connectivity index (χ2v) is 12.7. The molecule has 3 saturated carbocycles. The van der Waals surface area contributed by atoms with Crippen LogP contribution in [-0.2, 0) is 20.8 Å². The standard InChI is InChI=1S/C34H49N4O3/c1-4-17-38(18-16-35)34(41)27-19-23(2)30(22-27)32(39)37-31(15-14-25-10-6-5-7-11-25)33(40)36-28-20-24(3)29-13-9-8-12-26(29)21-28/h5-7,10-11,26-31H,1,4,8-9,12-22,35H2,2-3H3/q+1/p+2. The maximum atomic E-state index is 13.7. The van der Waals surface area contributed by atoms with Gasteiger partial charge in [0.25, 0.3) is 5.91 Å². The van der Waals surface area contributed by atoms with Gasteiger partial charge in [-0.2, -0.15) is 0 Å². The number of benzene rings is 1. The van der Waals surface area contributed by atoms with Crippen LogP contribution in [0, 0.1) is 42.4 Å². The topological polar surface area (TPSA) is 105 Å². The molecule has 0 heterocycles. The summed E-state index contributed by atoms with van der Waals surface area (Å²) in [5.41, 5.74) is 6.88. The first-order valence-electron chi connectivity index (χ1n) is 15.9. The molecule has 222 valence electrons. The van der Waals surface area contributed by atoms with Gasteiger partial charge in [-0.05, 0) is 44.1 Å². The molecule has 3 aliphatic rings. The SMILES string of the molecule is [CH2+]CCN(CCN)C(=O)C1C[C+](C)C(C(=O)NC(CCc2ccccc2)C(=O)NC2C[C+](C)C3CCCCC3C2)C1. The number of aryl methyl sites for hydroxylation is 1. The van der Waals surface area contributed by atoms with Gasteiger partial charge in [0.15, 0.2) is 5.92 Å². The van der Waals surface area contributed by atoms with Gasteiger partial charge in [0.2, 0.25) is 11.8 Å². The third kappa shape index (κ3) is 8.15. The summed E-state index contributed by atoms with van der Waals surface area (Å²) >= 11 is 0. The lowest BCUT2D eigenvalue weighted by molar-refractivity contribution is -0.135. The summed E-state index contributed by atoms with van der Waals surface area (Å²) in [6, 6.07) is 9.61. The zero-order valence-electron chi connectivity index (χ0n) is 25.2. The van der Waals surface area contributed by atoms with Crippen LogP contribution in [0.5, 0.6) is 0 Å². The molecular formula is C34H51N4O3+3. The summed E-state index contributed by atoms with van der Waals surface area (Å²) in [4.78, 5) is 42.3. The Kier molecular flexibility index (Phi) is 11.3. The monoisotopic (exact) mass is 563 g/mol.